The molecule has 0 amide bonds. The highest BCUT2D eigenvalue weighted by Gasteiger charge is 2.45. The van der Waals surface area contributed by atoms with Gasteiger partial charge in [-0.2, -0.15) is 0 Å². The Morgan fingerprint density at radius 1 is 0.500 bits per heavy atom. The third-order valence-electron chi connectivity index (χ3n) is 4.37. The molecule has 0 heterocycles. The van der Waals surface area contributed by atoms with Crippen LogP contribution in [0.3, 0.4) is 0 Å². The minimum atomic E-state index is -2.67. The van der Waals surface area contributed by atoms with Crippen molar-refractivity contribution in [1.82, 2.24) is 0 Å². The van der Waals surface area contributed by atoms with Gasteiger partial charge in [-0.25, -0.2) is 4.89 Å². The SMILES string of the molecule is O[P+](c1ccccc1)(c1ccccc1)c1cccc2ccccc12. The maximum absolute atomic E-state index is 12.0. The van der Waals surface area contributed by atoms with Crippen LogP contribution in [0.1, 0.15) is 0 Å². The van der Waals surface area contributed by atoms with Crippen molar-refractivity contribution in [3.05, 3.63) is 103 Å². The molecule has 0 unspecified atom stereocenters. The van der Waals surface area contributed by atoms with Crippen molar-refractivity contribution in [3.8, 4) is 0 Å². The Morgan fingerprint density at radius 3 is 1.62 bits per heavy atom. The molecule has 2 heteroatoms. The van der Waals surface area contributed by atoms with E-state index in [1.165, 1.54) is 0 Å². The van der Waals surface area contributed by atoms with E-state index in [0.717, 1.165) is 26.7 Å². The van der Waals surface area contributed by atoms with Gasteiger partial charge in [0, 0.05) is 5.39 Å². The van der Waals surface area contributed by atoms with Crippen LogP contribution < -0.4 is 15.9 Å². The molecule has 1 nitrogen and oxygen atoms in total. The summed E-state index contributed by atoms with van der Waals surface area (Å²) >= 11 is 0. The van der Waals surface area contributed by atoms with Crippen LogP contribution in [-0.2, 0) is 0 Å². The maximum atomic E-state index is 12.0. The average Bonchev–Trinajstić information content (AvgIpc) is 2.68. The molecule has 0 aromatic heterocycles. The van der Waals surface area contributed by atoms with E-state index in [-0.39, 0.29) is 0 Å². The monoisotopic (exact) mass is 329 g/mol. The first-order chi connectivity index (χ1) is 11.8. The highest BCUT2D eigenvalue weighted by atomic mass is 31.2. The third kappa shape index (κ3) is 2.43. The lowest BCUT2D eigenvalue weighted by Gasteiger charge is -2.21. The van der Waals surface area contributed by atoms with Crippen LogP contribution in [-0.4, -0.2) is 4.89 Å². The lowest BCUT2D eigenvalue weighted by atomic mass is 10.1. The second-order valence-corrected chi connectivity index (χ2v) is 8.59. The summed E-state index contributed by atoms with van der Waals surface area (Å²) in [5, 5.41) is 5.24. The predicted octanol–water partition coefficient (Wildman–Crippen LogP) is 4.04. The molecule has 0 saturated carbocycles. The first-order valence-electron chi connectivity index (χ1n) is 8.01. The fourth-order valence-corrected chi connectivity index (χ4v) is 6.12. The van der Waals surface area contributed by atoms with Crippen molar-refractivity contribution in [2.45, 2.75) is 0 Å². The van der Waals surface area contributed by atoms with E-state index in [0.29, 0.717) is 0 Å². The van der Waals surface area contributed by atoms with Crippen LogP contribution in [0.15, 0.2) is 103 Å². The minimum Gasteiger partial charge on any atom is -0.235 e. The topological polar surface area (TPSA) is 20.2 Å². The molecule has 0 spiro atoms. The zero-order valence-electron chi connectivity index (χ0n) is 13.2. The standard InChI is InChI=1S/C22H18OP/c23-24(19-12-3-1-4-13-19,20-14-5-2-6-15-20)22-17-9-11-18-10-7-8-16-21(18)22/h1-17,23H/q+1. The zero-order valence-corrected chi connectivity index (χ0v) is 14.1. The van der Waals surface area contributed by atoms with Gasteiger partial charge in [0.05, 0.1) is 0 Å². The molecule has 116 valence electrons. The molecule has 4 aromatic carbocycles. The summed E-state index contributed by atoms with van der Waals surface area (Å²) in [5.41, 5.74) is 0. The van der Waals surface area contributed by atoms with Crippen molar-refractivity contribution in [1.29, 1.82) is 0 Å². The molecule has 0 aliphatic carbocycles. The van der Waals surface area contributed by atoms with E-state index in [1.54, 1.807) is 0 Å². The van der Waals surface area contributed by atoms with Crippen LogP contribution >= 0.6 is 7.49 Å². The first kappa shape index (κ1) is 15.1. The number of hydrogen-bond donors (Lipinski definition) is 1. The molecule has 0 saturated heterocycles. The van der Waals surface area contributed by atoms with Gasteiger partial charge in [-0.05, 0) is 35.7 Å². The summed E-state index contributed by atoms with van der Waals surface area (Å²) in [4.78, 5) is 12.0. The van der Waals surface area contributed by atoms with E-state index in [1.807, 2.05) is 78.9 Å². The Labute approximate surface area is 142 Å². The Kier molecular flexibility index (Phi) is 3.90. The van der Waals surface area contributed by atoms with Gasteiger partial charge in [0.25, 0.3) is 0 Å². The minimum absolute atomic E-state index is 0.979. The molecular formula is C22H18OP+. The molecule has 0 aliphatic rings. The van der Waals surface area contributed by atoms with Crippen LogP contribution in [0, 0.1) is 0 Å². The molecule has 4 aromatic rings. The molecule has 24 heavy (non-hydrogen) atoms. The van der Waals surface area contributed by atoms with Crippen molar-refractivity contribution in [3.63, 3.8) is 0 Å². The lowest BCUT2D eigenvalue weighted by molar-refractivity contribution is 0.633. The fraction of sp³-hybridized carbons (Fsp3) is 0. The summed E-state index contributed by atoms with van der Waals surface area (Å²) in [6.45, 7) is 0. The van der Waals surface area contributed by atoms with E-state index in [4.69, 9.17) is 0 Å². The number of benzene rings is 4. The Hall–Kier alpha value is -2.47. The van der Waals surface area contributed by atoms with Crippen molar-refractivity contribution in [2.75, 3.05) is 0 Å². The Morgan fingerprint density at radius 2 is 1.00 bits per heavy atom. The average molecular weight is 329 g/mol. The van der Waals surface area contributed by atoms with Gasteiger partial charge in [-0.3, -0.25) is 0 Å². The van der Waals surface area contributed by atoms with Gasteiger partial charge in [0.2, 0.25) is 7.49 Å². The molecule has 0 radical (unpaired) electrons. The Balaban J connectivity index is 2.07. The Bertz CT molecular complexity index is 920. The molecule has 0 aliphatic heterocycles. The van der Waals surface area contributed by atoms with Crippen molar-refractivity contribution in [2.24, 2.45) is 0 Å². The van der Waals surface area contributed by atoms with Gasteiger partial charge >= 0.3 is 0 Å². The zero-order chi connectivity index (χ0) is 16.4. The summed E-state index contributed by atoms with van der Waals surface area (Å²) < 4.78 is 0. The van der Waals surface area contributed by atoms with Gasteiger partial charge in [-0.15, -0.1) is 0 Å². The summed E-state index contributed by atoms with van der Waals surface area (Å²) in [5.74, 6) is 0. The van der Waals surface area contributed by atoms with Gasteiger partial charge < -0.3 is 0 Å². The fourth-order valence-electron chi connectivity index (χ4n) is 3.21. The molecule has 1 N–H and O–H groups in total. The summed E-state index contributed by atoms with van der Waals surface area (Å²) in [6, 6.07) is 34.5. The van der Waals surface area contributed by atoms with Crippen molar-refractivity contribution < 1.29 is 4.89 Å². The first-order valence-corrected chi connectivity index (χ1v) is 9.76. The van der Waals surface area contributed by atoms with Crippen LogP contribution in [0.4, 0.5) is 0 Å². The van der Waals surface area contributed by atoms with E-state index < -0.39 is 7.49 Å². The van der Waals surface area contributed by atoms with Crippen molar-refractivity contribution >= 4 is 34.2 Å². The summed E-state index contributed by atoms with van der Waals surface area (Å²) in [6.07, 6.45) is 0. The largest absolute Gasteiger partial charge is 0.239 e. The maximum Gasteiger partial charge on any atom is 0.239 e. The number of hydrogen-bond acceptors (Lipinski definition) is 1. The highest BCUT2D eigenvalue weighted by Crippen LogP contribution is 2.52. The van der Waals surface area contributed by atoms with Gasteiger partial charge in [0.1, 0.15) is 15.9 Å². The quantitative estimate of drug-likeness (QED) is 0.563. The molecule has 0 fully saturated rings. The van der Waals surface area contributed by atoms with E-state index in [9.17, 15) is 4.89 Å². The molecule has 4 rings (SSSR count). The van der Waals surface area contributed by atoms with E-state index >= 15 is 0 Å². The van der Waals surface area contributed by atoms with Crippen LogP contribution in [0.5, 0.6) is 0 Å². The number of rotatable bonds is 3. The van der Waals surface area contributed by atoms with Crippen LogP contribution in [0.25, 0.3) is 10.8 Å². The smallest absolute Gasteiger partial charge is 0.235 e. The summed E-state index contributed by atoms with van der Waals surface area (Å²) in [7, 11) is -2.67. The predicted molar refractivity (Wildman–Crippen MR) is 105 cm³/mol. The van der Waals surface area contributed by atoms with Crippen LogP contribution in [0.2, 0.25) is 0 Å². The van der Waals surface area contributed by atoms with Gasteiger partial charge in [0.15, 0.2) is 0 Å². The lowest BCUT2D eigenvalue weighted by Crippen LogP contribution is -2.31. The van der Waals surface area contributed by atoms with E-state index in [2.05, 4.69) is 24.3 Å². The second kappa shape index (κ2) is 6.20. The van der Waals surface area contributed by atoms with Gasteiger partial charge in [-0.1, -0.05) is 72.8 Å². The molecule has 0 atom stereocenters. The second-order valence-electron chi connectivity index (χ2n) is 5.80. The highest BCUT2D eigenvalue weighted by molar-refractivity contribution is 7.91. The normalized spacial score (nSPS) is 11.5. The molecule has 0 bridgehead atoms. The third-order valence-corrected chi connectivity index (χ3v) is 7.55. The molecular weight excluding hydrogens is 311 g/mol. The number of fused-ring (bicyclic) bond motifs is 1.